The van der Waals surface area contributed by atoms with Gasteiger partial charge in [0.15, 0.2) is 0 Å². The van der Waals surface area contributed by atoms with Crippen molar-refractivity contribution in [3.05, 3.63) is 12.2 Å². The van der Waals surface area contributed by atoms with Crippen LogP contribution in [0.1, 0.15) is 150 Å². The zero-order valence-electron chi connectivity index (χ0n) is 26.6. The predicted molar refractivity (Wildman–Crippen MR) is 168 cm³/mol. The molecule has 0 radical (unpaired) electrons. The van der Waals surface area contributed by atoms with E-state index in [0.29, 0.717) is 25.9 Å². The number of rotatable bonds is 28. The number of unbranched alkanes of at least 4 members (excludes halogenated alkanes) is 13. The van der Waals surface area contributed by atoms with E-state index < -0.39 is 20.3 Å². The quantitative estimate of drug-likeness (QED) is 0.0395. The third-order valence-corrected chi connectivity index (χ3v) is 11.9. The highest BCUT2D eigenvalue weighted by atomic mass is 28.4. The summed E-state index contributed by atoms with van der Waals surface area (Å²) in [4.78, 5) is 36.5. The van der Waals surface area contributed by atoms with E-state index in [2.05, 4.69) is 27.7 Å². The molecule has 0 aliphatic carbocycles. The minimum atomic E-state index is -2.12. The summed E-state index contributed by atoms with van der Waals surface area (Å²) in [5, 5.41) is 0. The van der Waals surface area contributed by atoms with Crippen LogP contribution in [0.2, 0.25) is 18.1 Å². The van der Waals surface area contributed by atoms with Crippen molar-refractivity contribution >= 4 is 26.2 Å². The Morgan fingerprint density at radius 3 is 1.27 bits per heavy atom. The topological polar surface area (TPSA) is 78.9 Å². The molecule has 0 N–H and O–H groups in total. The third-order valence-electron chi connectivity index (χ3n) is 7.41. The van der Waals surface area contributed by atoms with Crippen LogP contribution in [0, 0.1) is 0 Å². The SMILES string of the molecule is CCCCCCOC(=O)/C=C\C(=O)OCCCCC(=O)O[Si](CCCCCC)(CCCCCC)CCCCCC. The molecule has 0 saturated carbocycles. The lowest BCUT2D eigenvalue weighted by molar-refractivity contribution is -0.140. The van der Waals surface area contributed by atoms with Gasteiger partial charge in [0, 0.05) is 18.6 Å². The Balaban J connectivity index is 4.62. The number of hydrogen-bond donors (Lipinski definition) is 0. The summed E-state index contributed by atoms with van der Waals surface area (Å²) < 4.78 is 16.7. The second kappa shape index (κ2) is 27.5. The summed E-state index contributed by atoms with van der Waals surface area (Å²) in [5.74, 6) is -1.16. The van der Waals surface area contributed by atoms with Gasteiger partial charge in [0.25, 0.3) is 14.3 Å². The molecule has 7 heteroatoms. The van der Waals surface area contributed by atoms with Gasteiger partial charge in [-0.1, -0.05) is 124 Å². The maximum Gasteiger partial charge on any atom is 0.331 e. The Kier molecular flexibility index (Phi) is 26.4. The van der Waals surface area contributed by atoms with Crippen molar-refractivity contribution in [1.82, 2.24) is 0 Å². The Bertz CT molecular complexity index is 632. The monoisotopic (exact) mass is 582 g/mol. The van der Waals surface area contributed by atoms with E-state index >= 15 is 0 Å². The lowest BCUT2D eigenvalue weighted by atomic mass is 10.2. The van der Waals surface area contributed by atoms with Crippen molar-refractivity contribution in [3.8, 4) is 0 Å². The van der Waals surface area contributed by atoms with E-state index in [0.717, 1.165) is 56.0 Å². The molecular formula is C33H62O6Si. The third kappa shape index (κ3) is 23.1. The van der Waals surface area contributed by atoms with Gasteiger partial charge >= 0.3 is 11.9 Å². The maximum absolute atomic E-state index is 13.0. The predicted octanol–water partition coefficient (Wildman–Crippen LogP) is 9.61. The van der Waals surface area contributed by atoms with E-state index in [9.17, 15) is 14.4 Å². The first-order valence-electron chi connectivity index (χ1n) is 16.7. The molecule has 0 saturated heterocycles. The summed E-state index contributed by atoms with van der Waals surface area (Å²) in [6.45, 7) is 9.42. The summed E-state index contributed by atoms with van der Waals surface area (Å²) in [6, 6.07) is 3.30. The smallest absolute Gasteiger partial charge is 0.331 e. The molecule has 0 rings (SSSR count). The largest absolute Gasteiger partial charge is 0.519 e. The van der Waals surface area contributed by atoms with E-state index in [4.69, 9.17) is 13.9 Å². The zero-order chi connectivity index (χ0) is 29.7. The Morgan fingerprint density at radius 2 is 0.875 bits per heavy atom. The fourth-order valence-electron chi connectivity index (χ4n) is 4.92. The van der Waals surface area contributed by atoms with E-state index in [1.165, 1.54) is 77.0 Å². The van der Waals surface area contributed by atoms with Crippen molar-refractivity contribution in [2.45, 2.75) is 168 Å². The average molecular weight is 583 g/mol. The minimum Gasteiger partial charge on any atom is -0.519 e. The maximum atomic E-state index is 13.0. The summed E-state index contributed by atoms with van der Waals surface area (Å²) in [6.07, 6.45) is 22.5. The number of ether oxygens (including phenoxy) is 2. The Morgan fingerprint density at radius 1 is 0.500 bits per heavy atom. The molecule has 0 unspecified atom stereocenters. The molecule has 0 aliphatic rings. The van der Waals surface area contributed by atoms with Crippen LogP contribution in [0.25, 0.3) is 0 Å². The zero-order valence-corrected chi connectivity index (χ0v) is 27.6. The van der Waals surface area contributed by atoms with Crippen molar-refractivity contribution in [2.24, 2.45) is 0 Å². The van der Waals surface area contributed by atoms with Crippen LogP contribution in [0.15, 0.2) is 12.2 Å². The average Bonchev–Trinajstić information content (AvgIpc) is 2.94. The summed E-state index contributed by atoms with van der Waals surface area (Å²) >= 11 is 0. The summed E-state index contributed by atoms with van der Waals surface area (Å²) in [7, 11) is -2.12. The van der Waals surface area contributed by atoms with Crippen LogP contribution in [-0.4, -0.2) is 39.4 Å². The Labute approximate surface area is 247 Å². The van der Waals surface area contributed by atoms with Crippen LogP contribution in [-0.2, 0) is 28.3 Å². The molecule has 234 valence electrons. The number of esters is 2. The minimum absolute atomic E-state index is 0.0685. The van der Waals surface area contributed by atoms with Crippen molar-refractivity contribution in [1.29, 1.82) is 0 Å². The molecule has 40 heavy (non-hydrogen) atoms. The van der Waals surface area contributed by atoms with Crippen LogP contribution in [0.4, 0.5) is 0 Å². The van der Waals surface area contributed by atoms with E-state index in [-0.39, 0.29) is 12.6 Å². The van der Waals surface area contributed by atoms with Gasteiger partial charge in [0.05, 0.1) is 13.2 Å². The van der Waals surface area contributed by atoms with Gasteiger partial charge in [-0.2, -0.15) is 0 Å². The van der Waals surface area contributed by atoms with Gasteiger partial charge in [-0.05, 0) is 37.4 Å². The fourth-order valence-corrected chi connectivity index (χ4v) is 9.24. The molecule has 0 heterocycles. The fraction of sp³-hybridized carbons (Fsp3) is 0.848. The number of carbonyl (C=O) groups is 3. The molecule has 0 spiro atoms. The first-order valence-corrected chi connectivity index (χ1v) is 19.2. The van der Waals surface area contributed by atoms with Gasteiger partial charge in [-0.25, -0.2) is 9.59 Å². The molecule has 0 aliphatic heterocycles. The van der Waals surface area contributed by atoms with E-state index in [1.807, 2.05) is 0 Å². The van der Waals surface area contributed by atoms with Crippen LogP contribution < -0.4 is 0 Å². The molecule has 0 fully saturated rings. The van der Waals surface area contributed by atoms with Crippen LogP contribution >= 0.6 is 0 Å². The van der Waals surface area contributed by atoms with Gasteiger partial charge in [0.1, 0.15) is 0 Å². The number of carbonyl (C=O) groups excluding carboxylic acids is 3. The molecule has 0 bridgehead atoms. The normalized spacial score (nSPS) is 11.6. The van der Waals surface area contributed by atoms with Crippen molar-refractivity contribution < 1.29 is 28.3 Å². The summed E-state index contributed by atoms with van der Waals surface area (Å²) in [5.41, 5.74) is 0. The Hall–Kier alpha value is -1.63. The first-order chi connectivity index (χ1) is 19.4. The highest BCUT2D eigenvalue weighted by Crippen LogP contribution is 2.31. The second-order valence-corrected chi connectivity index (χ2v) is 15.3. The van der Waals surface area contributed by atoms with Crippen LogP contribution in [0.3, 0.4) is 0 Å². The molecule has 0 amide bonds. The molecule has 0 aromatic heterocycles. The molecule has 0 aromatic rings. The lowest BCUT2D eigenvalue weighted by Crippen LogP contribution is -2.40. The molecule has 6 nitrogen and oxygen atoms in total. The molecule has 0 atom stereocenters. The van der Waals surface area contributed by atoms with E-state index in [1.54, 1.807) is 0 Å². The van der Waals surface area contributed by atoms with Gasteiger partial charge in [0.2, 0.25) is 0 Å². The van der Waals surface area contributed by atoms with Gasteiger partial charge in [-0.15, -0.1) is 0 Å². The lowest BCUT2D eigenvalue weighted by Gasteiger charge is -2.32. The van der Waals surface area contributed by atoms with Gasteiger partial charge < -0.3 is 13.9 Å². The second-order valence-electron chi connectivity index (χ2n) is 11.3. The van der Waals surface area contributed by atoms with Crippen LogP contribution in [0.5, 0.6) is 0 Å². The number of hydrogen-bond acceptors (Lipinski definition) is 6. The van der Waals surface area contributed by atoms with Gasteiger partial charge in [-0.3, -0.25) is 4.79 Å². The first kappa shape index (κ1) is 38.4. The standard InChI is InChI=1S/C33H62O6Si/c1-5-9-13-18-26-37-31(34)24-25-32(35)38-27-19-17-23-33(36)39-40(28-20-14-10-6-2,29-21-15-11-7-3)30-22-16-12-8-4/h24-25H,5-23,26-30H2,1-4H3/b25-24-. The van der Waals surface area contributed by atoms with Crippen molar-refractivity contribution in [3.63, 3.8) is 0 Å². The van der Waals surface area contributed by atoms with Crippen molar-refractivity contribution in [2.75, 3.05) is 13.2 Å². The highest BCUT2D eigenvalue weighted by molar-refractivity contribution is 6.75. The highest BCUT2D eigenvalue weighted by Gasteiger charge is 2.36. The molecular weight excluding hydrogens is 520 g/mol. The molecule has 0 aromatic carbocycles.